The van der Waals surface area contributed by atoms with Gasteiger partial charge in [-0.15, -0.1) is 0 Å². The molecule has 3 atom stereocenters. The Hall–Kier alpha value is -3.04. The number of hydrogen-bond acceptors (Lipinski definition) is 7. The highest BCUT2D eigenvalue weighted by Crippen LogP contribution is 2.21. The minimum Gasteiger partial charge on any atom is -0.373 e. The van der Waals surface area contributed by atoms with Crippen LogP contribution in [0.1, 0.15) is 33.3 Å². The van der Waals surface area contributed by atoms with Gasteiger partial charge in [0.2, 0.25) is 17.8 Å². The summed E-state index contributed by atoms with van der Waals surface area (Å²) in [7, 11) is 0. The van der Waals surface area contributed by atoms with Gasteiger partial charge in [0.15, 0.2) is 0 Å². The van der Waals surface area contributed by atoms with Gasteiger partial charge in [-0.1, -0.05) is 26.0 Å². The van der Waals surface area contributed by atoms with Gasteiger partial charge in [-0.3, -0.25) is 14.5 Å². The topological polar surface area (TPSA) is 90.9 Å². The highest BCUT2D eigenvalue weighted by Gasteiger charge is 2.34. The lowest BCUT2D eigenvalue weighted by Gasteiger charge is -2.41. The lowest BCUT2D eigenvalue weighted by molar-refractivity contribution is -0.131. The first-order valence-corrected chi connectivity index (χ1v) is 12.9. The number of carbonyl (C=O) groups is 2. The zero-order valence-corrected chi connectivity index (χ0v) is 21.8. The number of piperazine rings is 1. The monoisotopic (exact) mass is 494 g/mol. The van der Waals surface area contributed by atoms with Crippen molar-refractivity contribution in [3.8, 4) is 0 Å². The fraction of sp³-hybridized carbons (Fsp3) is 0.556. The minimum absolute atomic E-state index is 0.00427. The second-order valence-corrected chi connectivity index (χ2v) is 10.2. The van der Waals surface area contributed by atoms with E-state index < -0.39 is 0 Å². The van der Waals surface area contributed by atoms with Crippen molar-refractivity contribution in [2.45, 2.75) is 52.4 Å². The first-order valence-electron chi connectivity index (χ1n) is 12.9. The number of hydrogen-bond donors (Lipinski definition) is 1. The SMILES string of the molecule is CC1CN(C(C(=O)Nc2ccc(CC(=O)N3CCN(c4ncccn4)CC3)cc2)C(C)C)CC(C)O1. The summed E-state index contributed by atoms with van der Waals surface area (Å²) in [5.41, 5.74) is 1.68. The molecule has 1 aromatic heterocycles. The van der Waals surface area contributed by atoms with E-state index in [9.17, 15) is 9.59 Å². The Balaban J connectivity index is 1.29. The van der Waals surface area contributed by atoms with Crippen LogP contribution in [0.4, 0.5) is 11.6 Å². The van der Waals surface area contributed by atoms with Crippen molar-refractivity contribution in [3.63, 3.8) is 0 Å². The molecule has 0 saturated carbocycles. The van der Waals surface area contributed by atoms with E-state index in [4.69, 9.17) is 4.74 Å². The van der Waals surface area contributed by atoms with Gasteiger partial charge in [0, 0.05) is 57.3 Å². The third-order valence-corrected chi connectivity index (χ3v) is 6.79. The molecule has 36 heavy (non-hydrogen) atoms. The molecule has 9 nitrogen and oxygen atoms in total. The third-order valence-electron chi connectivity index (χ3n) is 6.79. The summed E-state index contributed by atoms with van der Waals surface area (Å²) in [4.78, 5) is 40.9. The van der Waals surface area contributed by atoms with Crippen LogP contribution in [0.2, 0.25) is 0 Å². The molecule has 0 aliphatic carbocycles. The van der Waals surface area contributed by atoms with Gasteiger partial charge in [-0.25, -0.2) is 9.97 Å². The van der Waals surface area contributed by atoms with Gasteiger partial charge in [0.1, 0.15) is 0 Å². The number of nitrogens with one attached hydrogen (secondary N) is 1. The number of carbonyl (C=O) groups excluding carboxylic acids is 2. The molecule has 4 rings (SSSR count). The van der Waals surface area contributed by atoms with Crippen molar-refractivity contribution in [3.05, 3.63) is 48.3 Å². The summed E-state index contributed by atoms with van der Waals surface area (Å²) in [6.07, 6.45) is 4.02. The van der Waals surface area contributed by atoms with Crippen LogP contribution >= 0.6 is 0 Å². The number of benzene rings is 1. The smallest absolute Gasteiger partial charge is 0.241 e. The number of aromatic nitrogens is 2. The van der Waals surface area contributed by atoms with Crippen molar-refractivity contribution in [2.24, 2.45) is 5.92 Å². The maximum Gasteiger partial charge on any atom is 0.241 e. The highest BCUT2D eigenvalue weighted by molar-refractivity contribution is 5.95. The largest absolute Gasteiger partial charge is 0.373 e. The Kier molecular flexibility index (Phi) is 8.53. The standard InChI is InChI=1S/C27H38N6O3/c1-19(2)25(33-17-20(3)36-21(4)18-33)26(35)30-23-8-6-22(7-9-23)16-24(34)31-12-14-32(15-13-31)27-28-10-5-11-29-27/h5-11,19-21,25H,12-18H2,1-4H3,(H,30,35). The van der Waals surface area contributed by atoms with E-state index in [0.717, 1.165) is 37.4 Å². The van der Waals surface area contributed by atoms with Crippen LogP contribution in [0.3, 0.4) is 0 Å². The molecule has 2 amide bonds. The molecule has 194 valence electrons. The number of anilines is 2. The second kappa shape index (κ2) is 11.8. The Morgan fingerprint density at radius 2 is 1.61 bits per heavy atom. The van der Waals surface area contributed by atoms with E-state index in [1.165, 1.54) is 0 Å². The van der Waals surface area contributed by atoms with Crippen LogP contribution in [0.25, 0.3) is 0 Å². The van der Waals surface area contributed by atoms with Crippen molar-refractivity contribution in [1.82, 2.24) is 19.8 Å². The molecule has 0 spiro atoms. The Bertz CT molecular complexity index is 998. The van der Waals surface area contributed by atoms with Crippen LogP contribution in [0, 0.1) is 5.92 Å². The molecular formula is C27H38N6O3. The van der Waals surface area contributed by atoms with E-state index in [-0.39, 0.29) is 36.0 Å². The van der Waals surface area contributed by atoms with Crippen LogP contribution in [-0.2, 0) is 20.7 Å². The molecule has 0 bridgehead atoms. The van der Waals surface area contributed by atoms with Crippen molar-refractivity contribution >= 4 is 23.5 Å². The number of nitrogens with zero attached hydrogens (tertiary/aromatic N) is 5. The highest BCUT2D eigenvalue weighted by atomic mass is 16.5. The molecule has 2 aliphatic heterocycles. The van der Waals surface area contributed by atoms with E-state index in [2.05, 4.69) is 52.8 Å². The van der Waals surface area contributed by atoms with E-state index in [1.807, 2.05) is 29.2 Å². The van der Waals surface area contributed by atoms with Gasteiger partial charge in [-0.2, -0.15) is 0 Å². The second-order valence-electron chi connectivity index (χ2n) is 10.2. The molecule has 1 aromatic carbocycles. The van der Waals surface area contributed by atoms with E-state index in [0.29, 0.717) is 25.5 Å². The molecular weight excluding hydrogens is 456 g/mol. The molecule has 3 heterocycles. The summed E-state index contributed by atoms with van der Waals surface area (Å²) in [6, 6.07) is 9.18. The first kappa shape index (κ1) is 26.0. The maximum atomic E-state index is 13.2. The van der Waals surface area contributed by atoms with Gasteiger partial charge in [-0.05, 0) is 43.5 Å². The molecule has 2 aliphatic rings. The van der Waals surface area contributed by atoms with Crippen LogP contribution in [0.5, 0.6) is 0 Å². The lowest BCUT2D eigenvalue weighted by Crippen LogP contribution is -2.55. The maximum absolute atomic E-state index is 13.2. The van der Waals surface area contributed by atoms with Gasteiger partial charge < -0.3 is 19.9 Å². The fourth-order valence-corrected chi connectivity index (χ4v) is 5.15. The molecule has 2 fully saturated rings. The molecule has 0 radical (unpaired) electrons. The van der Waals surface area contributed by atoms with Crippen LogP contribution < -0.4 is 10.2 Å². The predicted molar refractivity (Wildman–Crippen MR) is 140 cm³/mol. The summed E-state index contributed by atoms with van der Waals surface area (Å²) < 4.78 is 5.85. The number of amides is 2. The van der Waals surface area contributed by atoms with E-state index >= 15 is 0 Å². The number of rotatable bonds is 7. The quantitative estimate of drug-likeness (QED) is 0.632. The van der Waals surface area contributed by atoms with Gasteiger partial charge in [0.05, 0.1) is 24.7 Å². The normalized spacial score (nSPS) is 21.9. The number of ether oxygens (including phenoxy) is 1. The molecule has 2 aromatic rings. The Morgan fingerprint density at radius 3 is 2.19 bits per heavy atom. The first-order chi connectivity index (χ1) is 17.3. The zero-order chi connectivity index (χ0) is 25.7. The zero-order valence-electron chi connectivity index (χ0n) is 21.8. The summed E-state index contributed by atoms with van der Waals surface area (Å²) >= 11 is 0. The molecule has 1 N–H and O–H groups in total. The summed E-state index contributed by atoms with van der Waals surface area (Å²) in [5.74, 6) is 0.985. The molecule has 2 saturated heterocycles. The fourth-order valence-electron chi connectivity index (χ4n) is 5.15. The minimum atomic E-state index is -0.222. The Labute approximate surface area is 213 Å². The van der Waals surface area contributed by atoms with Gasteiger partial charge in [0.25, 0.3) is 0 Å². The van der Waals surface area contributed by atoms with E-state index in [1.54, 1.807) is 18.5 Å². The van der Waals surface area contributed by atoms with Crippen molar-refractivity contribution in [1.29, 1.82) is 0 Å². The third kappa shape index (κ3) is 6.59. The predicted octanol–water partition coefficient (Wildman–Crippen LogP) is 2.44. The van der Waals surface area contributed by atoms with Crippen LogP contribution in [0.15, 0.2) is 42.7 Å². The summed E-state index contributed by atoms with van der Waals surface area (Å²) in [5, 5.41) is 3.08. The average molecular weight is 495 g/mol. The lowest BCUT2D eigenvalue weighted by atomic mass is 9.99. The summed E-state index contributed by atoms with van der Waals surface area (Å²) in [6.45, 7) is 12.5. The molecule has 3 unspecified atom stereocenters. The molecule has 9 heteroatoms. The van der Waals surface area contributed by atoms with Crippen LogP contribution in [-0.4, -0.2) is 89.1 Å². The average Bonchev–Trinajstić information content (AvgIpc) is 2.85. The van der Waals surface area contributed by atoms with Crippen molar-refractivity contribution < 1.29 is 14.3 Å². The van der Waals surface area contributed by atoms with Gasteiger partial charge >= 0.3 is 0 Å². The Morgan fingerprint density at radius 1 is 1.00 bits per heavy atom. The number of morpholine rings is 1. The van der Waals surface area contributed by atoms with Crippen molar-refractivity contribution in [2.75, 3.05) is 49.5 Å².